The van der Waals surface area contributed by atoms with Gasteiger partial charge in [0.25, 0.3) is 0 Å². The molecule has 0 aromatic heterocycles. The Morgan fingerprint density at radius 2 is 1.31 bits per heavy atom. The van der Waals surface area contributed by atoms with Gasteiger partial charge >= 0.3 is 6.09 Å². The first-order chi connectivity index (χ1) is 17.5. The van der Waals surface area contributed by atoms with Crippen LogP contribution in [0.3, 0.4) is 0 Å². The third-order valence-corrected chi connectivity index (χ3v) is 5.22. The van der Waals surface area contributed by atoms with Gasteiger partial charge in [0.1, 0.15) is 18.7 Å². The zero-order valence-corrected chi connectivity index (χ0v) is 23.7. The van der Waals surface area contributed by atoms with Crippen LogP contribution in [0.15, 0.2) is 0 Å². The minimum absolute atomic E-state index is 0.0760. The third kappa shape index (κ3) is 29.0. The summed E-state index contributed by atoms with van der Waals surface area (Å²) in [5.74, 6) is 0.0760. The number of alkyl carbamates (subject to hydrolysis) is 1. The molecule has 2 N–H and O–H groups in total. The number of hydrogen-bond donors (Lipinski definition) is 3. The largest absolute Gasteiger partial charge is 0.447 e. The second-order valence-corrected chi connectivity index (χ2v) is 8.48. The Morgan fingerprint density at radius 1 is 0.833 bits per heavy atom. The molecule has 0 spiro atoms. The summed E-state index contributed by atoms with van der Waals surface area (Å²) < 4.78 is 26.6. The highest BCUT2D eigenvalue weighted by molar-refractivity contribution is 7.80. The smallest absolute Gasteiger partial charge is 0.407 e. The molecule has 214 valence electrons. The summed E-state index contributed by atoms with van der Waals surface area (Å²) in [6.45, 7) is 10.8. The average Bonchev–Trinajstić information content (AvgIpc) is 2.88. The van der Waals surface area contributed by atoms with Crippen molar-refractivity contribution in [2.45, 2.75) is 70.6 Å². The summed E-state index contributed by atoms with van der Waals surface area (Å²) in [6.07, 6.45) is 5.14. The number of thiol groups is 1. The highest BCUT2D eigenvalue weighted by Crippen LogP contribution is 2.22. The number of Topliss-reactive ketones (excluding diaryl/α,β-unsaturated/α-hetero) is 1. The number of ether oxygens (including phenoxy) is 5. The van der Waals surface area contributed by atoms with Crippen LogP contribution >= 0.6 is 12.6 Å². The predicted octanol–water partition coefficient (Wildman–Crippen LogP) is 2.82. The monoisotopic (exact) mass is 538 g/mol. The Hall–Kier alpha value is -1.24. The zero-order valence-electron chi connectivity index (χ0n) is 22.8. The van der Waals surface area contributed by atoms with Gasteiger partial charge in [-0.3, -0.25) is 0 Å². The molecular weight excluding hydrogens is 488 g/mol. The van der Waals surface area contributed by atoms with Gasteiger partial charge in [-0.05, 0) is 39.7 Å². The molecule has 1 aliphatic carbocycles. The number of hydrogen-bond acceptors (Lipinski definition) is 10. The van der Waals surface area contributed by atoms with E-state index in [0.717, 1.165) is 38.5 Å². The number of aldehydes is 1. The third-order valence-electron chi connectivity index (χ3n) is 4.71. The fourth-order valence-corrected chi connectivity index (χ4v) is 3.12. The lowest BCUT2D eigenvalue weighted by Crippen LogP contribution is -2.38. The molecule has 1 amide bonds. The molecule has 0 atom stereocenters. The topological polar surface area (TPSA) is 121 Å². The molecule has 1 rings (SSSR count). The van der Waals surface area contributed by atoms with Crippen LogP contribution < -0.4 is 10.6 Å². The molecule has 36 heavy (non-hydrogen) atoms. The van der Waals surface area contributed by atoms with E-state index in [-0.39, 0.29) is 24.5 Å². The van der Waals surface area contributed by atoms with E-state index in [2.05, 4.69) is 23.3 Å². The van der Waals surface area contributed by atoms with Gasteiger partial charge in [0, 0.05) is 30.7 Å². The Morgan fingerprint density at radius 3 is 1.72 bits per heavy atom. The van der Waals surface area contributed by atoms with Crippen molar-refractivity contribution in [1.82, 2.24) is 10.6 Å². The van der Waals surface area contributed by atoms with Gasteiger partial charge in [-0.1, -0.05) is 13.8 Å². The van der Waals surface area contributed by atoms with E-state index in [4.69, 9.17) is 23.7 Å². The Balaban J connectivity index is 0. The van der Waals surface area contributed by atoms with Crippen LogP contribution in [0.5, 0.6) is 0 Å². The van der Waals surface area contributed by atoms with Gasteiger partial charge in [-0.25, -0.2) is 4.79 Å². The summed E-state index contributed by atoms with van der Waals surface area (Å²) in [7, 11) is 1.89. The van der Waals surface area contributed by atoms with Crippen molar-refractivity contribution in [1.29, 1.82) is 0 Å². The lowest BCUT2D eigenvalue weighted by Gasteiger charge is -2.26. The van der Waals surface area contributed by atoms with E-state index in [1.54, 1.807) is 0 Å². The normalized spacial score (nSPS) is 16.6. The van der Waals surface area contributed by atoms with Gasteiger partial charge in [0.05, 0.1) is 52.9 Å². The Bertz CT molecular complexity index is 506. The molecule has 10 nitrogen and oxygen atoms in total. The van der Waals surface area contributed by atoms with E-state index in [1.165, 1.54) is 6.92 Å². The fourth-order valence-electron chi connectivity index (χ4n) is 2.82. The predicted molar refractivity (Wildman–Crippen MR) is 144 cm³/mol. The molecule has 1 aliphatic rings. The number of carbonyl (C=O) groups excluding carboxylic acids is 3. The molecule has 0 radical (unpaired) electrons. The number of rotatable bonds is 19. The van der Waals surface area contributed by atoms with Gasteiger partial charge in [0.2, 0.25) is 0 Å². The van der Waals surface area contributed by atoms with Gasteiger partial charge in [0.15, 0.2) is 0 Å². The summed E-state index contributed by atoms with van der Waals surface area (Å²) in [6, 6.07) is 0.206. The molecule has 0 unspecified atom stereocenters. The van der Waals surface area contributed by atoms with Crippen LogP contribution in [0.1, 0.15) is 59.3 Å². The minimum Gasteiger partial charge on any atom is -0.447 e. The van der Waals surface area contributed by atoms with E-state index >= 15 is 0 Å². The van der Waals surface area contributed by atoms with Crippen LogP contribution in [0.25, 0.3) is 0 Å². The van der Waals surface area contributed by atoms with Crippen molar-refractivity contribution in [3.63, 3.8) is 0 Å². The zero-order chi connectivity index (χ0) is 27.3. The van der Waals surface area contributed by atoms with Gasteiger partial charge < -0.3 is 43.9 Å². The maximum absolute atomic E-state index is 11.7. The number of nitrogens with one attached hydrogen (secondary N) is 2. The number of likely N-dealkylation sites (N-methyl/N-ethyl adjacent to an activating group) is 1. The molecule has 0 heterocycles. The van der Waals surface area contributed by atoms with Crippen molar-refractivity contribution >= 4 is 30.8 Å². The Labute approximate surface area is 223 Å². The van der Waals surface area contributed by atoms with Crippen molar-refractivity contribution in [3.8, 4) is 0 Å². The molecule has 0 saturated heterocycles. The first-order valence-electron chi connectivity index (χ1n) is 13.0. The van der Waals surface area contributed by atoms with Crippen LogP contribution in [0.4, 0.5) is 4.79 Å². The van der Waals surface area contributed by atoms with E-state index in [0.29, 0.717) is 70.9 Å². The lowest BCUT2D eigenvalue weighted by atomic mass is 9.95. The summed E-state index contributed by atoms with van der Waals surface area (Å²) in [5.41, 5.74) is 0. The minimum atomic E-state index is -0.371. The lowest BCUT2D eigenvalue weighted by molar-refractivity contribution is -0.118. The van der Waals surface area contributed by atoms with Crippen LogP contribution in [-0.4, -0.2) is 103 Å². The molecule has 1 fully saturated rings. The highest BCUT2D eigenvalue weighted by Gasteiger charge is 2.20. The van der Waals surface area contributed by atoms with E-state index in [1.807, 2.05) is 20.9 Å². The fraction of sp³-hybridized carbons (Fsp3) is 0.880. The first kappa shape index (κ1) is 36.9. The SMILES string of the molecule is CC.CC(=O)CCC=O.CNCCOCCOCCOCCOCCOC(=O)NC1CCC(S)CC1. The summed E-state index contributed by atoms with van der Waals surface area (Å²) in [5, 5.41) is 6.36. The van der Waals surface area contributed by atoms with Crippen molar-refractivity contribution < 1.29 is 38.1 Å². The second-order valence-electron chi connectivity index (χ2n) is 7.75. The quantitative estimate of drug-likeness (QED) is 0.129. The number of ketones is 1. The van der Waals surface area contributed by atoms with Gasteiger partial charge in [-0.15, -0.1) is 0 Å². The average molecular weight is 539 g/mol. The van der Waals surface area contributed by atoms with Crippen LogP contribution in [-0.2, 0) is 33.3 Å². The molecule has 1 saturated carbocycles. The van der Waals surface area contributed by atoms with E-state index < -0.39 is 0 Å². The second kappa shape index (κ2) is 30.0. The van der Waals surface area contributed by atoms with Crippen molar-refractivity contribution in [3.05, 3.63) is 0 Å². The highest BCUT2D eigenvalue weighted by atomic mass is 32.1. The summed E-state index contributed by atoms with van der Waals surface area (Å²) in [4.78, 5) is 31.3. The maximum Gasteiger partial charge on any atom is 0.407 e. The molecule has 0 aromatic carbocycles. The molecule has 0 aliphatic heterocycles. The van der Waals surface area contributed by atoms with Crippen LogP contribution in [0.2, 0.25) is 0 Å². The van der Waals surface area contributed by atoms with Crippen LogP contribution in [0, 0.1) is 0 Å². The summed E-state index contributed by atoms with van der Waals surface area (Å²) >= 11 is 4.45. The van der Waals surface area contributed by atoms with Crippen molar-refractivity contribution in [2.24, 2.45) is 0 Å². The first-order valence-corrected chi connectivity index (χ1v) is 13.5. The van der Waals surface area contributed by atoms with Crippen molar-refractivity contribution in [2.75, 3.05) is 73.1 Å². The van der Waals surface area contributed by atoms with E-state index in [9.17, 15) is 14.4 Å². The standard InChI is InChI=1S/C18H36N2O6S.C5H8O2.C2H6/c1-19-6-7-22-8-9-23-10-11-24-12-13-25-14-15-26-18(21)20-16-2-4-17(27)5-3-16;1-5(7)3-2-4-6;1-2/h16-17,19,27H,2-15H2,1H3,(H,20,21);4H,2-3H2,1H3;1-2H3. The molecular formula is C25H50N2O8S. The Kier molecular flexibility index (Phi) is 30.7. The van der Waals surface area contributed by atoms with Gasteiger partial charge in [-0.2, -0.15) is 12.6 Å². The molecule has 11 heteroatoms. The molecule has 0 aromatic rings. The maximum atomic E-state index is 11.7. The number of carbonyl (C=O) groups is 3. The number of amides is 1. The molecule has 0 bridgehead atoms.